The Bertz CT molecular complexity index is 1010. The molecule has 9 heteroatoms. The molecule has 3 rings (SSSR count). The highest BCUT2D eigenvalue weighted by Gasteiger charge is 2.22. The zero-order valence-electron chi connectivity index (χ0n) is 19.0. The maximum absolute atomic E-state index is 13.5. The van der Waals surface area contributed by atoms with Crippen molar-refractivity contribution in [1.82, 2.24) is 14.7 Å². The van der Waals surface area contributed by atoms with Crippen LogP contribution in [0.15, 0.2) is 48.5 Å². The molecule has 0 radical (unpaired) electrons. The molecule has 33 heavy (non-hydrogen) atoms. The highest BCUT2D eigenvalue weighted by molar-refractivity contribution is 5.43. The second kappa shape index (κ2) is 11.9. The molecular formula is C24H29F2N3O4. The summed E-state index contributed by atoms with van der Waals surface area (Å²) in [7, 11) is 3.15. The first kappa shape index (κ1) is 24.8. The van der Waals surface area contributed by atoms with Crippen LogP contribution in [0.25, 0.3) is 5.69 Å². The van der Waals surface area contributed by atoms with Gasteiger partial charge in [0.25, 0.3) is 0 Å². The van der Waals surface area contributed by atoms with Crippen molar-refractivity contribution >= 4 is 0 Å². The number of rotatable bonds is 12. The van der Waals surface area contributed by atoms with Crippen molar-refractivity contribution in [2.75, 3.05) is 40.5 Å². The molecule has 7 nitrogen and oxygen atoms in total. The Kier molecular flexibility index (Phi) is 8.90. The van der Waals surface area contributed by atoms with E-state index in [1.165, 1.54) is 43.5 Å². The molecule has 0 aliphatic carbocycles. The third kappa shape index (κ3) is 6.82. The minimum Gasteiger partial charge on any atom is -0.439 e. The van der Waals surface area contributed by atoms with Crippen LogP contribution in [0.1, 0.15) is 11.3 Å². The van der Waals surface area contributed by atoms with E-state index in [2.05, 4.69) is 5.10 Å². The zero-order chi connectivity index (χ0) is 23.8. The van der Waals surface area contributed by atoms with E-state index < -0.39 is 6.10 Å². The van der Waals surface area contributed by atoms with Crippen LogP contribution in [0, 0.1) is 18.6 Å². The molecule has 0 fully saturated rings. The number of halogens is 2. The standard InChI is InChI=1S/C24H29F2N3O4/c1-17-23(15-28(12-13-31-2)14-21(30)16-32-3)24(33-22-10-6-19(26)7-11-22)29(27-17)20-8-4-18(25)5-9-20/h4-11,21,30H,12-16H2,1-3H3/t21-/m1/s1. The van der Waals surface area contributed by atoms with E-state index in [9.17, 15) is 13.9 Å². The van der Waals surface area contributed by atoms with Gasteiger partial charge in [0, 0.05) is 33.9 Å². The maximum atomic E-state index is 13.5. The smallest absolute Gasteiger partial charge is 0.227 e. The number of aliphatic hydroxyl groups excluding tert-OH is 1. The van der Waals surface area contributed by atoms with Crippen molar-refractivity contribution in [1.29, 1.82) is 0 Å². The van der Waals surface area contributed by atoms with Crippen molar-refractivity contribution in [2.45, 2.75) is 19.6 Å². The summed E-state index contributed by atoms with van der Waals surface area (Å²) in [4.78, 5) is 2.02. The van der Waals surface area contributed by atoms with Gasteiger partial charge in [-0.3, -0.25) is 4.90 Å². The molecule has 0 bridgehead atoms. The van der Waals surface area contributed by atoms with E-state index >= 15 is 0 Å². The lowest BCUT2D eigenvalue weighted by molar-refractivity contribution is 0.0291. The molecule has 1 heterocycles. The molecule has 1 aromatic heterocycles. The molecule has 0 saturated heterocycles. The Morgan fingerprint density at radius 2 is 1.64 bits per heavy atom. The number of hydrogen-bond donors (Lipinski definition) is 1. The number of hydrogen-bond acceptors (Lipinski definition) is 6. The lowest BCUT2D eigenvalue weighted by Crippen LogP contribution is -2.36. The Hall–Kier alpha value is -2.85. The minimum atomic E-state index is -0.680. The summed E-state index contributed by atoms with van der Waals surface area (Å²) in [5, 5.41) is 14.9. The average molecular weight is 462 g/mol. The molecular weight excluding hydrogens is 432 g/mol. The third-order valence-corrected chi connectivity index (χ3v) is 5.06. The van der Waals surface area contributed by atoms with Gasteiger partial charge in [0.2, 0.25) is 5.88 Å². The summed E-state index contributed by atoms with van der Waals surface area (Å²) in [5.74, 6) is 0.128. The molecule has 1 N–H and O–H groups in total. The van der Waals surface area contributed by atoms with Gasteiger partial charge in [-0.25, -0.2) is 13.5 Å². The Morgan fingerprint density at radius 3 is 2.24 bits per heavy atom. The molecule has 0 aliphatic heterocycles. The van der Waals surface area contributed by atoms with Crippen molar-refractivity contribution in [3.05, 3.63) is 71.4 Å². The van der Waals surface area contributed by atoms with Crippen LogP contribution in [-0.2, 0) is 16.0 Å². The molecule has 0 saturated carbocycles. The first-order valence-corrected chi connectivity index (χ1v) is 10.6. The second-order valence-corrected chi connectivity index (χ2v) is 7.65. The van der Waals surface area contributed by atoms with Crippen LogP contribution < -0.4 is 4.74 Å². The van der Waals surface area contributed by atoms with E-state index in [4.69, 9.17) is 14.2 Å². The molecule has 0 aliphatic rings. The Morgan fingerprint density at radius 1 is 1.00 bits per heavy atom. The maximum Gasteiger partial charge on any atom is 0.227 e. The number of aliphatic hydroxyl groups is 1. The first-order valence-electron chi connectivity index (χ1n) is 10.6. The molecule has 1 atom stereocenters. The van der Waals surface area contributed by atoms with Gasteiger partial charge in [-0.15, -0.1) is 0 Å². The van der Waals surface area contributed by atoms with Crippen molar-refractivity contribution in [2.24, 2.45) is 0 Å². The summed E-state index contributed by atoms with van der Waals surface area (Å²) >= 11 is 0. The summed E-state index contributed by atoms with van der Waals surface area (Å²) in [5.41, 5.74) is 2.11. The molecule has 178 valence electrons. The van der Waals surface area contributed by atoms with E-state index in [1.807, 2.05) is 11.8 Å². The van der Waals surface area contributed by atoms with E-state index in [-0.39, 0.29) is 18.2 Å². The van der Waals surface area contributed by atoms with Crippen LogP contribution in [0.2, 0.25) is 0 Å². The molecule has 0 spiro atoms. The van der Waals surface area contributed by atoms with Crippen LogP contribution >= 0.6 is 0 Å². The summed E-state index contributed by atoms with van der Waals surface area (Å²) < 4.78 is 44.9. The van der Waals surface area contributed by atoms with Crippen molar-refractivity contribution < 1.29 is 28.1 Å². The third-order valence-electron chi connectivity index (χ3n) is 5.06. The monoisotopic (exact) mass is 461 g/mol. The van der Waals surface area contributed by atoms with E-state index in [0.717, 1.165) is 5.56 Å². The second-order valence-electron chi connectivity index (χ2n) is 7.65. The number of nitrogens with zero attached hydrogens (tertiary/aromatic N) is 3. The summed E-state index contributed by atoms with van der Waals surface area (Å²) in [6.07, 6.45) is -0.680. The van der Waals surface area contributed by atoms with Gasteiger partial charge in [0.1, 0.15) is 17.4 Å². The number of aromatic nitrogens is 2. The summed E-state index contributed by atoms with van der Waals surface area (Å²) in [6, 6.07) is 11.6. The first-order chi connectivity index (χ1) is 15.9. The van der Waals surface area contributed by atoms with Gasteiger partial charge in [0.15, 0.2) is 0 Å². The van der Waals surface area contributed by atoms with Gasteiger partial charge < -0.3 is 19.3 Å². The molecule has 0 unspecified atom stereocenters. The number of ether oxygens (including phenoxy) is 3. The molecule has 3 aromatic rings. The number of methoxy groups -OCH3 is 2. The number of aryl methyl sites for hydroxylation is 1. The van der Waals surface area contributed by atoms with E-state index in [0.29, 0.717) is 49.3 Å². The average Bonchev–Trinajstić information content (AvgIpc) is 3.09. The van der Waals surface area contributed by atoms with Gasteiger partial charge in [-0.1, -0.05) is 0 Å². The van der Waals surface area contributed by atoms with Gasteiger partial charge in [0.05, 0.1) is 36.3 Å². The van der Waals surface area contributed by atoms with Gasteiger partial charge in [-0.05, 0) is 55.5 Å². The van der Waals surface area contributed by atoms with E-state index in [1.54, 1.807) is 23.9 Å². The highest BCUT2D eigenvalue weighted by atomic mass is 19.1. The van der Waals surface area contributed by atoms with Gasteiger partial charge in [-0.2, -0.15) is 5.10 Å². The van der Waals surface area contributed by atoms with Crippen LogP contribution in [-0.4, -0.2) is 66.4 Å². The van der Waals surface area contributed by atoms with Crippen LogP contribution in [0.4, 0.5) is 8.78 Å². The Labute approximate surface area is 192 Å². The Balaban J connectivity index is 1.98. The minimum absolute atomic E-state index is 0.205. The zero-order valence-corrected chi connectivity index (χ0v) is 19.0. The lowest BCUT2D eigenvalue weighted by atomic mass is 10.2. The van der Waals surface area contributed by atoms with Gasteiger partial charge >= 0.3 is 0 Å². The highest BCUT2D eigenvalue weighted by Crippen LogP contribution is 2.32. The number of benzene rings is 2. The largest absolute Gasteiger partial charge is 0.439 e. The fraction of sp³-hybridized carbons (Fsp3) is 0.375. The predicted octanol–water partition coefficient (Wildman–Crippen LogP) is 3.71. The lowest BCUT2D eigenvalue weighted by Gasteiger charge is -2.25. The SMILES string of the molecule is COCCN(Cc1c(C)nn(-c2ccc(F)cc2)c1Oc1ccc(F)cc1)C[C@@H](O)COC. The van der Waals surface area contributed by atoms with Crippen LogP contribution in [0.3, 0.4) is 0 Å². The topological polar surface area (TPSA) is 69.0 Å². The van der Waals surface area contributed by atoms with Crippen molar-refractivity contribution in [3.8, 4) is 17.3 Å². The molecule has 0 amide bonds. The quantitative estimate of drug-likeness (QED) is 0.444. The van der Waals surface area contributed by atoms with Crippen LogP contribution in [0.5, 0.6) is 11.6 Å². The predicted molar refractivity (Wildman–Crippen MR) is 120 cm³/mol. The summed E-state index contributed by atoms with van der Waals surface area (Å²) in [6.45, 7) is 3.86. The fourth-order valence-electron chi connectivity index (χ4n) is 3.42. The fourth-order valence-corrected chi connectivity index (χ4v) is 3.42. The normalized spacial score (nSPS) is 12.3. The van der Waals surface area contributed by atoms with Crippen molar-refractivity contribution in [3.63, 3.8) is 0 Å². The molecule has 2 aromatic carbocycles.